The fraction of sp³-hybridized carbons (Fsp3) is 0.333. The molecule has 0 radical (unpaired) electrons. The maximum atomic E-state index is 13.1. The van der Waals surface area contributed by atoms with Gasteiger partial charge in [0.2, 0.25) is 0 Å². The molecule has 4 heteroatoms. The first-order chi connectivity index (χ1) is 7.56. The second-order valence-corrected chi connectivity index (χ2v) is 4.07. The van der Waals surface area contributed by atoms with Gasteiger partial charge in [0.15, 0.2) is 0 Å². The van der Waals surface area contributed by atoms with Gasteiger partial charge in [-0.2, -0.15) is 0 Å². The molecule has 84 valence electrons. The number of hydrogen-bond donors (Lipinski definition) is 1. The molecule has 16 heavy (non-hydrogen) atoms. The maximum Gasteiger partial charge on any atom is 0.130 e. The average molecular weight is 219 g/mol. The number of aryl methyl sites for hydroxylation is 1. The van der Waals surface area contributed by atoms with Gasteiger partial charge in [-0.25, -0.2) is 14.4 Å². The van der Waals surface area contributed by atoms with Crippen molar-refractivity contribution in [3.8, 4) is 0 Å². The zero-order valence-electron chi connectivity index (χ0n) is 9.37. The fourth-order valence-corrected chi connectivity index (χ4v) is 1.70. The first kappa shape index (κ1) is 11.0. The quantitative estimate of drug-likeness (QED) is 0.840. The number of aromatic nitrogens is 2. The fourth-order valence-electron chi connectivity index (χ4n) is 1.70. The van der Waals surface area contributed by atoms with Crippen molar-refractivity contribution >= 4 is 10.9 Å². The van der Waals surface area contributed by atoms with Gasteiger partial charge in [-0.1, -0.05) is 0 Å². The van der Waals surface area contributed by atoms with Gasteiger partial charge in [0.05, 0.1) is 5.52 Å². The Morgan fingerprint density at radius 3 is 2.81 bits per heavy atom. The summed E-state index contributed by atoms with van der Waals surface area (Å²) in [6.45, 7) is 3.79. The number of benzene rings is 1. The van der Waals surface area contributed by atoms with Gasteiger partial charge in [0.25, 0.3) is 0 Å². The molecule has 0 aliphatic carbocycles. The van der Waals surface area contributed by atoms with Gasteiger partial charge >= 0.3 is 0 Å². The zero-order chi connectivity index (χ0) is 11.7. The molecule has 0 fully saturated rings. The van der Waals surface area contributed by atoms with Crippen LogP contribution in [0.15, 0.2) is 18.2 Å². The van der Waals surface area contributed by atoms with Gasteiger partial charge in [0.1, 0.15) is 11.6 Å². The summed E-state index contributed by atoms with van der Waals surface area (Å²) in [6.07, 6.45) is 0.604. The average Bonchev–Trinajstić information content (AvgIpc) is 2.15. The summed E-state index contributed by atoms with van der Waals surface area (Å²) in [5.74, 6) is 0.392. The molecule has 0 aliphatic heterocycles. The second-order valence-electron chi connectivity index (χ2n) is 4.07. The normalized spacial score (nSPS) is 13.0. The van der Waals surface area contributed by atoms with Crippen LogP contribution in [-0.2, 0) is 6.42 Å². The molecular weight excluding hydrogens is 205 g/mol. The van der Waals surface area contributed by atoms with Crippen LogP contribution in [0.3, 0.4) is 0 Å². The van der Waals surface area contributed by atoms with Gasteiger partial charge < -0.3 is 5.73 Å². The molecule has 0 amide bonds. The lowest BCUT2D eigenvalue weighted by atomic mass is 10.1. The minimum absolute atomic E-state index is 0.00501. The van der Waals surface area contributed by atoms with Crippen LogP contribution in [0.5, 0.6) is 0 Å². The van der Waals surface area contributed by atoms with Crippen LogP contribution >= 0.6 is 0 Å². The molecule has 1 heterocycles. The lowest BCUT2D eigenvalue weighted by Gasteiger charge is -2.07. The molecule has 1 unspecified atom stereocenters. The Balaban J connectivity index is 2.56. The van der Waals surface area contributed by atoms with Crippen LogP contribution in [0.25, 0.3) is 10.9 Å². The number of nitrogens with two attached hydrogens (primary N) is 1. The summed E-state index contributed by atoms with van der Waals surface area (Å²) in [5, 5.41) is 0.884. The lowest BCUT2D eigenvalue weighted by molar-refractivity contribution is 0.629. The van der Waals surface area contributed by atoms with Crippen molar-refractivity contribution in [1.29, 1.82) is 0 Å². The molecule has 1 aromatic heterocycles. The van der Waals surface area contributed by atoms with Crippen molar-refractivity contribution in [3.05, 3.63) is 35.5 Å². The monoisotopic (exact) mass is 219 g/mol. The van der Waals surface area contributed by atoms with E-state index in [4.69, 9.17) is 5.73 Å². The molecule has 0 saturated heterocycles. The van der Waals surface area contributed by atoms with Crippen LogP contribution in [0, 0.1) is 12.7 Å². The summed E-state index contributed by atoms with van der Waals surface area (Å²) >= 11 is 0. The van der Waals surface area contributed by atoms with Gasteiger partial charge in [-0.05, 0) is 26.0 Å². The third kappa shape index (κ3) is 2.17. The minimum atomic E-state index is -0.280. The van der Waals surface area contributed by atoms with Crippen LogP contribution in [0.2, 0.25) is 0 Å². The smallest absolute Gasteiger partial charge is 0.130 e. The number of halogens is 1. The van der Waals surface area contributed by atoms with Crippen LogP contribution in [0.4, 0.5) is 4.39 Å². The molecular formula is C12H14FN3. The van der Waals surface area contributed by atoms with E-state index in [0.29, 0.717) is 17.8 Å². The predicted octanol–water partition coefficient (Wildman–Crippen LogP) is 1.97. The Morgan fingerprint density at radius 1 is 1.38 bits per heavy atom. The Labute approximate surface area is 93.5 Å². The highest BCUT2D eigenvalue weighted by Gasteiger charge is 2.07. The summed E-state index contributed by atoms with van der Waals surface area (Å²) in [4.78, 5) is 8.66. The molecule has 0 saturated carbocycles. The van der Waals surface area contributed by atoms with Gasteiger partial charge in [-0.15, -0.1) is 0 Å². The molecule has 0 spiro atoms. The zero-order valence-corrected chi connectivity index (χ0v) is 9.37. The van der Waals surface area contributed by atoms with E-state index >= 15 is 0 Å². The van der Waals surface area contributed by atoms with Crippen LogP contribution in [0.1, 0.15) is 18.4 Å². The molecule has 2 N–H and O–H groups in total. The summed E-state index contributed by atoms with van der Waals surface area (Å²) in [5.41, 5.74) is 7.20. The van der Waals surface area contributed by atoms with Crippen molar-refractivity contribution < 1.29 is 4.39 Å². The van der Waals surface area contributed by atoms with Crippen molar-refractivity contribution in [1.82, 2.24) is 9.97 Å². The first-order valence-electron chi connectivity index (χ1n) is 5.24. The van der Waals surface area contributed by atoms with Crippen LogP contribution in [-0.4, -0.2) is 16.0 Å². The van der Waals surface area contributed by atoms with E-state index in [2.05, 4.69) is 9.97 Å². The Kier molecular flexibility index (Phi) is 2.83. The van der Waals surface area contributed by atoms with Gasteiger partial charge in [-0.3, -0.25) is 0 Å². The van der Waals surface area contributed by atoms with Crippen molar-refractivity contribution in [3.63, 3.8) is 0 Å². The number of fused-ring (bicyclic) bond motifs is 1. The molecule has 0 aliphatic rings. The largest absolute Gasteiger partial charge is 0.328 e. The highest BCUT2D eigenvalue weighted by atomic mass is 19.1. The number of rotatable bonds is 2. The summed E-state index contributed by atoms with van der Waals surface area (Å²) in [7, 11) is 0. The first-order valence-corrected chi connectivity index (χ1v) is 5.24. The van der Waals surface area contributed by atoms with E-state index < -0.39 is 0 Å². The van der Waals surface area contributed by atoms with E-state index in [1.165, 1.54) is 12.1 Å². The SMILES string of the molecule is Cc1nc(CC(C)N)nc2cc(F)ccc12. The Morgan fingerprint density at radius 2 is 2.12 bits per heavy atom. The second kappa shape index (κ2) is 4.14. The van der Waals surface area contributed by atoms with E-state index in [9.17, 15) is 4.39 Å². The maximum absolute atomic E-state index is 13.1. The van der Waals surface area contributed by atoms with E-state index in [-0.39, 0.29) is 11.9 Å². The minimum Gasteiger partial charge on any atom is -0.328 e. The molecule has 1 aromatic carbocycles. The number of hydrogen-bond acceptors (Lipinski definition) is 3. The standard InChI is InChI=1S/C12H14FN3/c1-7(14)5-12-15-8(2)10-4-3-9(13)6-11(10)16-12/h3-4,6-7H,5,14H2,1-2H3. The Bertz CT molecular complexity index is 523. The van der Waals surface area contributed by atoms with E-state index in [1.807, 2.05) is 13.8 Å². The Hall–Kier alpha value is -1.55. The molecule has 0 bridgehead atoms. The van der Waals surface area contributed by atoms with Crippen molar-refractivity contribution in [2.24, 2.45) is 5.73 Å². The number of nitrogens with zero attached hydrogens (tertiary/aromatic N) is 2. The van der Waals surface area contributed by atoms with Crippen molar-refractivity contribution in [2.75, 3.05) is 0 Å². The molecule has 2 aromatic rings. The van der Waals surface area contributed by atoms with E-state index in [0.717, 1.165) is 11.1 Å². The third-order valence-electron chi connectivity index (χ3n) is 2.40. The highest BCUT2D eigenvalue weighted by Crippen LogP contribution is 2.16. The summed E-state index contributed by atoms with van der Waals surface area (Å²) < 4.78 is 13.1. The van der Waals surface area contributed by atoms with Crippen molar-refractivity contribution in [2.45, 2.75) is 26.3 Å². The summed E-state index contributed by atoms with van der Waals surface area (Å²) in [6, 6.07) is 4.55. The predicted molar refractivity (Wildman–Crippen MR) is 61.6 cm³/mol. The lowest BCUT2D eigenvalue weighted by Crippen LogP contribution is -2.19. The molecule has 3 nitrogen and oxygen atoms in total. The third-order valence-corrected chi connectivity index (χ3v) is 2.40. The molecule has 1 atom stereocenters. The van der Waals surface area contributed by atoms with E-state index in [1.54, 1.807) is 6.07 Å². The topological polar surface area (TPSA) is 51.8 Å². The molecule has 2 rings (SSSR count). The highest BCUT2D eigenvalue weighted by molar-refractivity contribution is 5.80. The van der Waals surface area contributed by atoms with Gasteiger partial charge in [0, 0.05) is 29.6 Å². The van der Waals surface area contributed by atoms with Crippen LogP contribution < -0.4 is 5.73 Å².